The van der Waals surface area contributed by atoms with Gasteiger partial charge < -0.3 is 89.9 Å². The Kier molecular flexibility index (Phi) is 62.4. The molecule has 19 nitrogen and oxygen atoms in total. The number of nitrogens with one attached hydrogen (secondary N) is 1. The first-order valence-electron chi connectivity index (χ1n) is 43.5. The zero-order chi connectivity index (χ0) is 78.1. The molecule has 17 atom stereocenters. The smallest absolute Gasteiger partial charge is 0.220 e. The first kappa shape index (κ1) is 98.9. The van der Waals surface area contributed by atoms with Gasteiger partial charge in [-0.2, -0.15) is 0 Å². The third-order valence-corrected chi connectivity index (χ3v) is 21.2. The van der Waals surface area contributed by atoms with Gasteiger partial charge in [0.2, 0.25) is 5.91 Å². The van der Waals surface area contributed by atoms with Crippen LogP contribution in [-0.4, -0.2) is 193 Å². The summed E-state index contributed by atoms with van der Waals surface area (Å²) in [6.07, 6.45) is 66.3. The summed E-state index contributed by atoms with van der Waals surface area (Å²) in [5.41, 5.74) is 0. The monoisotopic (exact) mass is 1530 g/mol. The summed E-state index contributed by atoms with van der Waals surface area (Å²) in [5, 5.41) is 121. The van der Waals surface area contributed by atoms with Crippen LogP contribution in [0.3, 0.4) is 0 Å². The molecule has 3 fully saturated rings. The third-order valence-electron chi connectivity index (χ3n) is 21.2. The fourth-order valence-electron chi connectivity index (χ4n) is 14.3. The lowest BCUT2D eigenvalue weighted by atomic mass is 9.96. The lowest BCUT2D eigenvalue weighted by molar-refractivity contribution is -0.379. The van der Waals surface area contributed by atoms with Crippen molar-refractivity contribution in [2.24, 2.45) is 0 Å². The van der Waals surface area contributed by atoms with Gasteiger partial charge in [-0.1, -0.05) is 342 Å². The number of ether oxygens (including phenoxy) is 6. The first-order valence-corrected chi connectivity index (χ1v) is 43.5. The average molecular weight is 1530 g/mol. The molecule has 3 heterocycles. The average Bonchev–Trinajstić information content (AvgIpc) is 0.774. The Balaban J connectivity index is 1.35. The molecule has 0 radical (unpaired) electrons. The van der Waals surface area contributed by atoms with E-state index in [1.807, 2.05) is 0 Å². The van der Waals surface area contributed by atoms with Crippen LogP contribution < -0.4 is 5.32 Å². The molecule has 0 aromatic heterocycles. The molecule has 108 heavy (non-hydrogen) atoms. The molecule has 19 heteroatoms. The maximum absolute atomic E-state index is 13.5. The second kappa shape index (κ2) is 68.1. The lowest BCUT2D eigenvalue weighted by Gasteiger charge is -2.48. The highest BCUT2D eigenvalue weighted by Gasteiger charge is 2.54. The van der Waals surface area contributed by atoms with Gasteiger partial charge in [-0.3, -0.25) is 4.79 Å². The lowest BCUT2D eigenvalue weighted by Crippen LogP contribution is -2.66. The minimum absolute atomic E-state index is 0.247. The van der Waals surface area contributed by atoms with Gasteiger partial charge in [-0.15, -0.1) is 0 Å². The molecule has 0 bridgehead atoms. The third kappa shape index (κ3) is 46.8. The Hall–Kier alpha value is -3.29. The Morgan fingerprint density at radius 3 is 1.00 bits per heavy atom. The van der Waals surface area contributed by atoms with Crippen LogP contribution in [0.5, 0.6) is 0 Å². The molecule has 17 unspecified atom stereocenters. The van der Waals surface area contributed by atoms with Crippen molar-refractivity contribution in [2.45, 2.75) is 433 Å². The van der Waals surface area contributed by atoms with E-state index in [4.69, 9.17) is 28.4 Å². The van der Waals surface area contributed by atoms with Crippen LogP contribution in [0.4, 0.5) is 0 Å². The van der Waals surface area contributed by atoms with Crippen molar-refractivity contribution in [3.8, 4) is 0 Å². The van der Waals surface area contributed by atoms with Gasteiger partial charge in [0.05, 0.1) is 38.6 Å². The van der Waals surface area contributed by atoms with E-state index in [1.165, 1.54) is 186 Å². The van der Waals surface area contributed by atoms with Crippen molar-refractivity contribution in [3.05, 3.63) is 97.2 Å². The zero-order valence-electron chi connectivity index (χ0n) is 67.3. The number of allylic oxidation sites excluding steroid dienone is 16. The van der Waals surface area contributed by atoms with Crippen LogP contribution in [0.25, 0.3) is 0 Å². The van der Waals surface area contributed by atoms with Gasteiger partial charge >= 0.3 is 0 Å². The van der Waals surface area contributed by atoms with Crippen LogP contribution in [0, 0.1) is 0 Å². The Morgan fingerprint density at radius 2 is 0.639 bits per heavy atom. The summed E-state index contributed by atoms with van der Waals surface area (Å²) in [5.74, 6) is -0.247. The molecule has 3 saturated heterocycles. The maximum atomic E-state index is 13.5. The topological polar surface area (TPSA) is 307 Å². The van der Waals surface area contributed by atoms with Gasteiger partial charge in [0.15, 0.2) is 18.9 Å². The summed E-state index contributed by atoms with van der Waals surface area (Å²) < 4.78 is 34.6. The van der Waals surface area contributed by atoms with Crippen LogP contribution in [0.2, 0.25) is 0 Å². The Labute approximate surface area is 653 Å². The number of carbonyl (C=O) groups excluding carboxylic acids is 1. The number of aliphatic hydroxyl groups is 11. The highest BCUT2D eigenvalue weighted by Crippen LogP contribution is 2.33. The summed E-state index contributed by atoms with van der Waals surface area (Å²) >= 11 is 0. The summed E-state index contributed by atoms with van der Waals surface area (Å²) in [7, 11) is 0. The fourth-order valence-corrected chi connectivity index (χ4v) is 14.3. The van der Waals surface area contributed by atoms with Crippen molar-refractivity contribution in [2.75, 3.05) is 26.4 Å². The molecule has 0 aromatic rings. The van der Waals surface area contributed by atoms with Crippen LogP contribution >= 0.6 is 0 Å². The molecule has 12 N–H and O–H groups in total. The largest absolute Gasteiger partial charge is 0.394 e. The second-order valence-corrected chi connectivity index (χ2v) is 30.6. The summed E-state index contributed by atoms with van der Waals surface area (Å²) in [4.78, 5) is 13.5. The number of aliphatic hydroxyl groups excluding tert-OH is 11. The van der Waals surface area contributed by atoms with Gasteiger partial charge in [-0.25, -0.2) is 0 Å². The molecule has 3 aliphatic heterocycles. The molecule has 0 saturated carbocycles. The van der Waals surface area contributed by atoms with E-state index in [-0.39, 0.29) is 18.9 Å². The van der Waals surface area contributed by atoms with E-state index in [0.717, 1.165) is 109 Å². The predicted octanol–water partition coefficient (Wildman–Crippen LogP) is 15.9. The Morgan fingerprint density at radius 1 is 0.343 bits per heavy atom. The van der Waals surface area contributed by atoms with Crippen molar-refractivity contribution in [1.29, 1.82) is 0 Å². The van der Waals surface area contributed by atoms with E-state index in [1.54, 1.807) is 0 Å². The number of unbranched alkanes of at least 4 members (excludes halogenated alkanes) is 37. The highest BCUT2D eigenvalue weighted by molar-refractivity contribution is 5.76. The zero-order valence-corrected chi connectivity index (χ0v) is 67.3. The minimum atomic E-state index is -1.98. The normalized spacial score (nSPS) is 25.9. The molecule has 1 amide bonds. The Bertz CT molecular complexity index is 2330. The predicted molar refractivity (Wildman–Crippen MR) is 434 cm³/mol. The van der Waals surface area contributed by atoms with Crippen molar-refractivity contribution >= 4 is 5.91 Å². The molecule has 3 rings (SSSR count). The second-order valence-electron chi connectivity index (χ2n) is 30.6. The molecule has 0 spiro atoms. The molecule has 626 valence electrons. The molecular weight excluding hydrogens is 1370 g/mol. The van der Waals surface area contributed by atoms with Crippen molar-refractivity contribution < 1.29 is 89.4 Å². The molecule has 0 aromatic carbocycles. The van der Waals surface area contributed by atoms with Gasteiger partial charge in [0, 0.05) is 6.42 Å². The van der Waals surface area contributed by atoms with Gasteiger partial charge in [0.1, 0.15) is 73.2 Å². The summed E-state index contributed by atoms with van der Waals surface area (Å²) in [6, 6.07) is -0.898. The number of amides is 1. The number of carbonyl (C=O) groups is 1. The van der Waals surface area contributed by atoms with E-state index < -0.39 is 124 Å². The van der Waals surface area contributed by atoms with Crippen LogP contribution in [-0.2, 0) is 33.2 Å². The number of hydrogen-bond donors (Lipinski definition) is 12. The quantitative estimate of drug-likeness (QED) is 0.0199. The fraction of sp³-hybridized carbons (Fsp3) is 0.809. The van der Waals surface area contributed by atoms with E-state index in [2.05, 4.69) is 116 Å². The van der Waals surface area contributed by atoms with Crippen LogP contribution in [0.15, 0.2) is 97.2 Å². The molecular formula is C89H157NO18. The molecule has 0 aliphatic carbocycles. The highest BCUT2D eigenvalue weighted by atomic mass is 16.8. The van der Waals surface area contributed by atoms with E-state index >= 15 is 0 Å². The maximum Gasteiger partial charge on any atom is 0.220 e. The van der Waals surface area contributed by atoms with Crippen molar-refractivity contribution in [1.82, 2.24) is 5.32 Å². The van der Waals surface area contributed by atoms with E-state index in [9.17, 15) is 61.0 Å². The number of rotatable bonds is 69. The first-order chi connectivity index (χ1) is 52.8. The minimum Gasteiger partial charge on any atom is -0.394 e. The van der Waals surface area contributed by atoms with E-state index in [0.29, 0.717) is 12.8 Å². The standard InChI is InChI=1S/C89H157NO18/c1-3-5-7-9-11-13-15-17-19-21-23-25-27-29-31-33-34-35-36-37-38-39-41-43-45-47-49-51-53-55-57-59-61-63-65-67-77(95)90-72(73(94)66-64-62-60-58-56-54-52-50-48-46-44-42-40-32-30-28-26-24-22-20-18-16-14-12-10-8-6-4-2)71-103-87-83(101)80(98)85(75(69-92)105-87)108-89-84(102)81(99)86(76(70-93)106-89)107-88-82(100)79(97)78(96)74(68-91)104-88/h5,7,11,13,17,19,23,25,29,31,34-35,37-38,41,43,72-76,78-89,91-94,96-102H,3-4,6,8-10,12,14-16,18,20-22,24,26-28,30,32-33,36,39-40,42,44-71H2,1-2H3,(H,90,95)/b7-5-,13-11-,19-17-,25-23-,31-29-,35-34-,38-37-,43-41-. The molecule has 3 aliphatic rings. The van der Waals surface area contributed by atoms with Gasteiger partial charge in [0.25, 0.3) is 0 Å². The summed E-state index contributed by atoms with van der Waals surface area (Å²) in [6.45, 7) is 1.72. The number of hydrogen-bond acceptors (Lipinski definition) is 18. The van der Waals surface area contributed by atoms with Gasteiger partial charge in [-0.05, 0) is 77.0 Å². The SMILES string of the molecule is CC/C=C\C/C=C\C/C=C\C/C=C\C/C=C\C/C=C\C/C=C\C/C=C\CCCCCCCCCCCCC(=O)NC(COC1OC(CO)C(OC2OC(CO)C(OC3OC(CO)C(O)C(O)C3O)C(O)C2O)C(O)C1O)C(O)CCCCCCCCCCCCCCCCCCCCCCCCCCCCCC. The van der Waals surface area contributed by atoms with Crippen LogP contribution in [0.1, 0.15) is 328 Å². The van der Waals surface area contributed by atoms with Crippen molar-refractivity contribution in [3.63, 3.8) is 0 Å².